The summed E-state index contributed by atoms with van der Waals surface area (Å²) in [4.78, 5) is 13.8. The molecule has 1 N–H and O–H groups in total. The fraction of sp³-hybridized carbons (Fsp3) is 0.389. The summed E-state index contributed by atoms with van der Waals surface area (Å²) in [6.07, 6.45) is 4.28. The van der Waals surface area contributed by atoms with Crippen molar-refractivity contribution in [1.82, 2.24) is 5.32 Å². The number of thiophene rings is 1. The van der Waals surface area contributed by atoms with Crippen molar-refractivity contribution in [2.45, 2.75) is 32.6 Å². The zero-order chi connectivity index (χ0) is 14.7. The standard InChI is InChI=1S/C18H21NOS/c1-13-7-8-15-16(12-21-17(15)11-13)18(20)19-10-9-14-5-3-2-4-6-14/h2-6,12-13H,7-11H2,1H3,(H,19,20)/t13-/m0/s1. The van der Waals surface area contributed by atoms with Gasteiger partial charge >= 0.3 is 0 Å². The van der Waals surface area contributed by atoms with Crippen LogP contribution in [0.25, 0.3) is 0 Å². The van der Waals surface area contributed by atoms with E-state index in [-0.39, 0.29) is 5.91 Å². The zero-order valence-electron chi connectivity index (χ0n) is 12.4. The van der Waals surface area contributed by atoms with Crippen LogP contribution in [-0.2, 0) is 19.3 Å². The molecule has 21 heavy (non-hydrogen) atoms. The minimum absolute atomic E-state index is 0.0954. The number of hydrogen-bond donors (Lipinski definition) is 1. The van der Waals surface area contributed by atoms with Gasteiger partial charge in [-0.15, -0.1) is 11.3 Å². The maximum Gasteiger partial charge on any atom is 0.252 e. The van der Waals surface area contributed by atoms with Crippen LogP contribution in [0, 0.1) is 5.92 Å². The average Bonchev–Trinajstić information content (AvgIpc) is 2.91. The first-order chi connectivity index (χ1) is 10.2. The molecule has 1 atom stereocenters. The topological polar surface area (TPSA) is 29.1 Å². The second-order valence-electron chi connectivity index (χ2n) is 5.89. The molecule has 2 nitrogen and oxygen atoms in total. The first kappa shape index (κ1) is 14.3. The van der Waals surface area contributed by atoms with Crippen molar-refractivity contribution in [3.8, 4) is 0 Å². The first-order valence-corrected chi connectivity index (χ1v) is 8.53. The summed E-state index contributed by atoms with van der Waals surface area (Å²) in [6.45, 7) is 2.99. The molecule has 1 aromatic carbocycles. The molecular weight excluding hydrogens is 278 g/mol. The Hall–Kier alpha value is -1.61. The first-order valence-electron chi connectivity index (χ1n) is 7.65. The van der Waals surface area contributed by atoms with Crippen LogP contribution < -0.4 is 5.32 Å². The van der Waals surface area contributed by atoms with Gasteiger partial charge in [0.05, 0.1) is 5.56 Å². The van der Waals surface area contributed by atoms with Crippen molar-refractivity contribution < 1.29 is 4.79 Å². The molecule has 1 heterocycles. The van der Waals surface area contributed by atoms with Crippen LogP contribution in [-0.4, -0.2) is 12.5 Å². The molecule has 0 bridgehead atoms. The van der Waals surface area contributed by atoms with Crippen molar-refractivity contribution in [3.05, 3.63) is 57.3 Å². The zero-order valence-corrected chi connectivity index (χ0v) is 13.2. The molecule has 0 aliphatic heterocycles. The van der Waals surface area contributed by atoms with E-state index >= 15 is 0 Å². The molecule has 3 heteroatoms. The summed E-state index contributed by atoms with van der Waals surface area (Å²) >= 11 is 1.75. The van der Waals surface area contributed by atoms with Gasteiger partial charge in [-0.3, -0.25) is 4.79 Å². The summed E-state index contributed by atoms with van der Waals surface area (Å²) in [5.74, 6) is 0.850. The van der Waals surface area contributed by atoms with Gasteiger partial charge in [0.1, 0.15) is 0 Å². The minimum atomic E-state index is 0.0954. The molecule has 0 unspecified atom stereocenters. The Morgan fingerprint density at radius 1 is 1.33 bits per heavy atom. The molecule has 0 radical (unpaired) electrons. The minimum Gasteiger partial charge on any atom is -0.352 e. The van der Waals surface area contributed by atoms with E-state index in [2.05, 4.69) is 24.4 Å². The van der Waals surface area contributed by atoms with Gasteiger partial charge in [0.25, 0.3) is 5.91 Å². The second kappa shape index (κ2) is 6.44. The second-order valence-corrected chi connectivity index (χ2v) is 6.85. The Balaban J connectivity index is 1.59. The van der Waals surface area contributed by atoms with Crippen LogP contribution in [0.3, 0.4) is 0 Å². The monoisotopic (exact) mass is 299 g/mol. The van der Waals surface area contributed by atoms with Crippen LogP contribution in [0.4, 0.5) is 0 Å². The van der Waals surface area contributed by atoms with Crippen LogP contribution in [0.5, 0.6) is 0 Å². The van der Waals surface area contributed by atoms with Crippen LogP contribution in [0.2, 0.25) is 0 Å². The third kappa shape index (κ3) is 3.35. The number of fused-ring (bicyclic) bond motifs is 1. The maximum absolute atomic E-state index is 12.3. The molecule has 0 spiro atoms. The summed E-state index contributed by atoms with van der Waals surface area (Å²) < 4.78 is 0. The lowest BCUT2D eigenvalue weighted by Gasteiger charge is -2.18. The Kier molecular flexibility index (Phi) is 4.39. The molecular formula is C18H21NOS. The molecule has 1 aromatic heterocycles. The summed E-state index contributed by atoms with van der Waals surface area (Å²) in [5, 5.41) is 5.10. The van der Waals surface area contributed by atoms with Gasteiger partial charge in [0.2, 0.25) is 0 Å². The van der Waals surface area contributed by atoms with Gasteiger partial charge in [0, 0.05) is 16.8 Å². The van der Waals surface area contributed by atoms with E-state index in [4.69, 9.17) is 0 Å². The largest absolute Gasteiger partial charge is 0.352 e. The highest BCUT2D eigenvalue weighted by Crippen LogP contribution is 2.32. The Morgan fingerprint density at radius 3 is 2.95 bits per heavy atom. The van der Waals surface area contributed by atoms with E-state index in [1.807, 2.05) is 23.6 Å². The fourth-order valence-electron chi connectivity index (χ4n) is 2.93. The van der Waals surface area contributed by atoms with Crippen LogP contribution in [0.15, 0.2) is 35.7 Å². The molecule has 0 saturated carbocycles. The van der Waals surface area contributed by atoms with Crippen molar-refractivity contribution in [2.75, 3.05) is 6.54 Å². The van der Waals surface area contributed by atoms with Gasteiger partial charge < -0.3 is 5.32 Å². The third-order valence-corrected chi connectivity index (χ3v) is 5.24. The lowest BCUT2D eigenvalue weighted by molar-refractivity contribution is 0.0953. The highest BCUT2D eigenvalue weighted by molar-refractivity contribution is 7.10. The molecule has 1 aliphatic rings. The maximum atomic E-state index is 12.3. The lowest BCUT2D eigenvalue weighted by atomic mass is 9.88. The lowest BCUT2D eigenvalue weighted by Crippen LogP contribution is -2.26. The molecule has 3 rings (SSSR count). The molecule has 1 amide bonds. The van der Waals surface area contributed by atoms with E-state index in [0.29, 0.717) is 6.54 Å². The predicted octanol–water partition coefficient (Wildman–Crippen LogP) is 3.85. The van der Waals surface area contributed by atoms with Crippen molar-refractivity contribution >= 4 is 17.2 Å². The summed E-state index contributed by atoms with van der Waals surface area (Å²) in [5.41, 5.74) is 3.48. The molecule has 2 aromatic rings. The number of rotatable bonds is 4. The SMILES string of the molecule is C[C@H]1CCc2c(C(=O)NCCc3ccccc3)csc2C1. The Bertz CT molecular complexity index is 617. The molecule has 0 fully saturated rings. The van der Waals surface area contributed by atoms with E-state index in [9.17, 15) is 4.79 Å². The van der Waals surface area contributed by atoms with Crippen LogP contribution >= 0.6 is 11.3 Å². The quantitative estimate of drug-likeness (QED) is 0.913. The van der Waals surface area contributed by atoms with Crippen molar-refractivity contribution in [2.24, 2.45) is 5.92 Å². The number of amides is 1. The highest BCUT2D eigenvalue weighted by atomic mass is 32.1. The van der Waals surface area contributed by atoms with Gasteiger partial charge in [0.15, 0.2) is 0 Å². The average molecular weight is 299 g/mol. The van der Waals surface area contributed by atoms with E-state index in [0.717, 1.165) is 30.7 Å². The van der Waals surface area contributed by atoms with Crippen molar-refractivity contribution in [3.63, 3.8) is 0 Å². The third-order valence-electron chi connectivity index (χ3n) is 4.19. The summed E-state index contributed by atoms with van der Waals surface area (Å²) in [6, 6.07) is 10.3. The van der Waals surface area contributed by atoms with E-state index < -0.39 is 0 Å². The Labute approximate surface area is 130 Å². The van der Waals surface area contributed by atoms with Gasteiger partial charge in [-0.25, -0.2) is 0 Å². The number of nitrogens with one attached hydrogen (secondary N) is 1. The van der Waals surface area contributed by atoms with Gasteiger partial charge in [-0.2, -0.15) is 0 Å². The van der Waals surface area contributed by atoms with Gasteiger partial charge in [-0.1, -0.05) is 37.3 Å². The molecule has 110 valence electrons. The van der Waals surface area contributed by atoms with Gasteiger partial charge in [-0.05, 0) is 42.7 Å². The van der Waals surface area contributed by atoms with Crippen molar-refractivity contribution in [1.29, 1.82) is 0 Å². The Morgan fingerprint density at radius 2 is 2.14 bits per heavy atom. The number of hydrogen-bond acceptors (Lipinski definition) is 2. The smallest absolute Gasteiger partial charge is 0.252 e. The number of carbonyl (C=O) groups excluding carboxylic acids is 1. The molecule has 1 aliphatic carbocycles. The number of carbonyl (C=O) groups is 1. The van der Waals surface area contributed by atoms with Crippen LogP contribution in [0.1, 0.15) is 39.7 Å². The fourth-order valence-corrected chi connectivity index (χ4v) is 4.17. The number of benzene rings is 1. The predicted molar refractivity (Wildman–Crippen MR) is 88.0 cm³/mol. The molecule has 0 saturated heterocycles. The van der Waals surface area contributed by atoms with E-state index in [1.165, 1.54) is 22.4 Å². The normalized spacial score (nSPS) is 17.3. The van der Waals surface area contributed by atoms with E-state index in [1.54, 1.807) is 11.3 Å². The highest BCUT2D eigenvalue weighted by Gasteiger charge is 2.22. The summed E-state index contributed by atoms with van der Waals surface area (Å²) in [7, 11) is 0.